The van der Waals surface area contributed by atoms with E-state index >= 15 is 0 Å². The molecule has 0 bridgehead atoms. The summed E-state index contributed by atoms with van der Waals surface area (Å²) >= 11 is 0. The molecular weight excluding hydrogens is 274 g/mol. The summed E-state index contributed by atoms with van der Waals surface area (Å²) in [4.78, 5) is 4.12. The number of sulfonamides is 1. The predicted molar refractivity (Wildman–Crippen MR) is 77.3 cm³/mol. The molecule has 106 valence electrons. The summed E-state index contributed by atoms with van der Waals surface area (Å²) in [6.07, 6.45) is 3.25. The van der Waals surface area contributed by atoms with Gasteiger partial charge in [-0.2, -0.15) is 0 Å². The molecule has 3 N–H and O–H groups in total. The van der Waals surface area contributed by atoms with Crippen molar-refractivity contribution < 1.29 is 8.42 Å². The maximum atomic E-state index is 12.2. The summed E-state index contributed by atoms with van der Waals surface area (Å²) in [6.45, 7) is 2.46. The Balaban J connectivity index is 2.18. The molecule has 0 aliphatic rings. The van der Waals surface area contributed by atoms with Crippen LogP contribution >= 0.6 is 0 Å². The summed E-state index contributed by atoms with van der Waals surface area (Å²) in [7, 11) is -3.53. The fourth-order valence-corrected chi connectivity index (χ4v) is 2.87. The van der Waals surface area contributed by atoms with Gasteiger partial charge in [-0.25, -0.2) is 13.1 Å². The largest absolute Gasteiger partial charge is 0.326 e. The number of nitrogens with one attached hydrogen (secondary N) is 1. The maximum Gasteiger partial charge on any atom is 0.240 e. The molecule has 20 heavy (non-hydrogen) atoms. The smallest absolute Gasteiger partial charge is 0.240 e. The lowest BCUT2D eigenvalue weighted by Gasteiger charge is -2.09. The monoisotopic (exact) mass is 291 g/mol. The number of rotatable bonds is 5. The van der Waals surface area contributed by atoms with Crippen LogP contribution in [0.1, 0.15) is 16.7 Å². The SMILES string of the molecule is Cc1ccc(S(=O)(=O)NCc2ccncc2)cc1CN. The molecule has 1 aromatic carbocycles. The van der Waals surface area contributed by atoms with E-state index in [9.17, 15) is 8.42 Å². The second kappa shape index (κ2) is 6.13. The number of aryl methyl sites for hydroxylation is 1. The van der Waals surface area contributed by atoms with E-state index in [4.69, 9.17) is 5.73 Å². The van der Waals surface area contributed by atoms with Crippen LogP contribution in [0, 0.1) is 6.92 Å². The molecule has 2 rings (SSSR count). The second-order valence-corrected chi connectivity index (χ2v) is 6.24. The number of nitrogens with two attached hydrogens (primary N) is 1. The zero-order valence-corrected chi connectivity index (χ0v) is 12.0. The normalized spacial score (nSPS) is 11.5. The number of pyridine rings is 1. The van der Waals surface area contributed by atoms with Crippen LogP contribution in [0.25, 0.3) is 0 Å². The van der Waals surface area contributed by atoms with Crippen molar-refractivity contribution in [3.05, 3.63) is 59.4 Å². The van der Waals surface area contributed by atoms with Gasteiger partial charge in [-0.05, 0) is 47.9 Å². The number of aromatic nitrogens is 1. The van der Waals surface area contributed by atoms with E-state index in [1.54, 1.807) is 42.7 Å². The third-order valence-corrected chi connectivity index (χ3v) is 4.47. The molecule has 0 atom stereocenters. The van der Waals surface area contributed by atoms with Crippen LogP contribution in [-0.2, 0) is 23.1 Å². The number of hydrogen-bond acceptors (Lipinski definition) is 4. The number of hydrogen-bond donors (Lipinski definition) is 2. The van der Waals surface area contributed by atoms with Crippen molar-refractivity contribution in [1.29, 1.82) is 0 Å². The van der Waals surface area contributed by atoms with Crippen molar-refractivity contribution in [1.82, 2.24) is 9.71 Å². The first-order valence-corrected chi connectivity index (χ1v) is 7.69. The predicted octanol–water partition coefficient (Wildman–Crippen LogP) is 1.33. The molecule has 0 spiro atoms. The van der Waals surface area contributed by atoms with Crippen LogP contribution in [0.4, 0.5) is 0 Å². The highest BCUT2D eigenvalue weighted by Gasteiger charge is 2.14. The zero-order valence-electron chi connectivity index (χ0n) is 11.2. The van der Waals surface area contributed by atoms with Gasteiger partial charge in [0.1, 0.15) is 0 Å². The number of nitrogens with zero attached hydrogens (tertiary/aromatic N) is 1. The molecule has 0 amide bonds. The Kier molecular flexibility index (Phi) is 4.49. The van der Waals surface area contributed by atoms with Crippen molar-refractivity contribution in [3.8, 4) is 0 Å². The summed E-state index contributed by atoms with van der Waals surface area (Å²) in [6, 6.07) is 8.50. The average Bonchev–Trinajstić information content (AvgIpc) is 2.46. The molecule has 0 saturated heterocycles. The van der Waals surface area contributed by atoms with E-state index in [0.29, 0.717) is 6.54 Å². The van der Waals surface area contributed by atoms with Gasteiger partial charge in [0.2, 0.25) is 10.0 Å². The van der Waals surface area contributed by atoms with Gasteiger partial charge in [-0.3, -0.25) is 4.98 Å². The first-order chi connectivity index (χ1) is 9.53. The molecular formula is C14H17N3O2S. The maximum absolute atomic E-state index is 12.2. The highest BCUT2D eigenvalue weighted by atomic mass is 32.2. The van der Waals surface area contributed by atoms with Crippen molar-refractivity contribution in [2.45, 2.75) is 24.9 Å². The lowest BCUT2D eigenvalue weighted by atomic mass is 10.1. The van der Waals surface area contributed by atoms with Crippen LogP contribution < -0.4 is 10.5 Å². The highest BCUT2D eigenvalue weighted by Crippen LogP contribution is 2.15. The molecule has 0 radical (unpaired) electrons. The third kappa shape index (κ3) is 3.41. The van der Waals surface area contributed by atoms with Crippen LogP contribution in [0.3, 0.4) is 0 Å². The quantitative estimate of drug-likeness (QED) is 0.870. The summed E-state index contributed by atoms with van der Waals surface area (Å²) in [5.74, 6) is 0. The lowest BCUT2D eigenvalue weighted by Crippen LogP contribution is -2.23. The number of benzene rings is 1. The van der Waals surface area contributed by atoms with Crippen LogP contribution in [-0.4, -0.2) is 13.4 Å². The molecule has 0 fully saturated rings. The Morgan fingerprint density at radius 2 is 1.90 bits per heavy atom. The van der Waals surface area contributed by atoms with E-state index in [0.717, 1.165) is 16.7 Å². The van der Waals surface area contributed by atoms with Gasteiger partial charge >= 0.3 is 0 Å². The molecule has 0 unspecified atom stereocenters. The Labute approximate surface area is 118 Å². The summed E-state index contributed by atoms with van der Waals surface area (Å²) in [5, 5.41) is 0. The van der Waals surface area contributed by atoms with Crippen molar-refractivity contribution in [2.24, 2.45) is 5.73 Å². The van der Waals surface area contributed by atoms with Gasteiger partial charge in [0.05, 0.1) is 4.90 Å². The lowest BCUT2D eigenvalue weighted by molar-refractivity contribution is 0.581. The van der Waals surface area contributed by atoms with E-state index < -0.39 is 10.0 Å². The highest BCUT2D eigenvalue weighted by molar-refractivity contribution is 7.89. The first kappa shape index (κ1) is 14.6. The topological polar surface area (TPSA) is 85.1 Å². The zero-order chi connectivity index (χ0) is 14.6. The molecule has 0 saturated carbocycles. The van der Waals surface area contributed by atoms with Crippen molar-refractivity contribution in [2.75, 3.05) is 0 Å². The second-order valence-electron chi connectivity index (χ2n) is 4.47. The van der Waals surface area contributed by atoms with E-state index in [-0.39, 0.29) is 11.4 Å². The molecule has 1 aromatic heterocycles. The standard InChI is InChI=1S/C14H17N3O2S/c1-11-2-3-14(8-13(11)9-15)20(18,19)17-10-12-4-6-16-7-5-12/h2-8,17H,9-10,15H2,1H3. The fourth-order valence-electron chi connectivity index (χ4n) is 1.80. The van der Waals surface area contributed by atoms with Gasteiger partial charge < -0.3 is 5.73 Å². The first-order valence-electron chi connectivity index (χ1n) is 6.21. The van der Waals surface area contributed by atoms with E-state index in [1.807, 2.05) is 6.92 Å². The fraction of sp³-hybridized carbons (Fsp3) is 0.214. The molecule has 2 aromatic rings. The Bertz CT molecular complexity index is 685. The van der Waals surface area contributed by atoms with Crippen molar-refractivity contribution >= 4 is 10.0 Å². The molecule has 1 heterocycles. The van der Waals surface area contributed by atoms with E-state index in [2.05, 4.69) is 9.71 Å². The van der Waals surface area contributed by atoms with Gasteiger partial charge in [0.25, 0.3) is 0 Å². The van der Waals surface area contributed by atoms with Crippen molar-refractivity contribution in [3.63, 3.8) is 0 Å². The minimum absolute atomic E-state index is 0.233. The van der Waals surface area contributed by atoms with Crippen LogP contribution in [0.5, 0.6) is 0 Å². The van der Waals surface area contributed by atoms with Gasteiger partial charge in [0.15, 0.2) is 0 Å². The van der Waals surface area contributed by atoms with E-state index in [1.165, 1.54) is 0 Å². The average molecular weight is 291 g/mol. The van der Waals surface area contributed by atoms with Gasteiger partial charge in [-0.1, -0.05) is 6.07 Å². The van der Waals surface area contributed by atoms with Gasteiger partial charge in [0, 0.05) is 25.5 Å². The van der Waals surface area contributed by atoms with Crippen LogP contribution in [0.15, 0.2) is 47.6 Å². The minimum atomic E-state index is -3.53. The Morgan fingerprint density at radius 3 is 2.55 bits per heavy atom. The molecule has 0 aliphatic heterocycles. The van der Waals surface area contributed by atoms with Crippen LogP contribution in [0.2, 0.25) is 0 Å². The summed E-state index contributed by atoms with van der Waals surface area (Å²) in [5.41, 5.74) is 8.28. The van der Waals surface area contributed by atoms with Gasteiger partial charge in [-0.15, -0.1) is 0 Å². The Hall–Kier alpha value is -1.76. The Morgan fingerprint density at radius 1 is 1.20 bits per heavy atom. The third-order valence-electron chi connectivity index (χ3n) is 3.07. The minimum Gasteiger partial charge on any atom is -0.326 e. The summed E-state index contributed by atoms with van der Waals surface area (Å²) < 4.78 is 27.0. The molecule has 0 aliphatic carbocycles. The molecule has 5 nitrogen and oxygen atoms in total. The molecule has 6 heteroatoms.